The summed E-state index contributed by atoms with van der Waals surface area (Å²) in [5.41, 5.74) is 12.2. The first-order chi connectivity index (χ1) is 9.78. The molecule has 1 amide bonds. The summed E-state index contributed by atoms with van der Waals surface area (Å²) in [6.07, 6.45) is 1.02. The van der Waals surface area contributed by atoms with Gasteiger partial charge in [-0.2, -0.15) is 4.31 Å². The minimum absolute atomic E-state index is 0.0405. The van der Waals surface area contributed by atoms with Crippen LogP contribution < -0.4 is 16.2 Å². The fourth-order valence-electron chi connectivity index (χ4n) is 2.48. The molecule has 1 saturated heterocycles. The van der Waals surface area contributed by atoms with Gasteiger partial charge in [-0.15, -0.1) is 0 Å². The lowest BCUT2D eigenvalue weighted by Crippen LogP contribution is -2.43. The van der Waals surface area contributed by atoms with Crippen molar-refractivity contribution in [2.45, 2.75) is 30.7 Å². The minimum atomic E-state index is -3.89. The zero-order valence-corrected chi connectivity index (χ0v) is 12.8. The predicted molar refractivity (Wildman–Crippen MR) is 78.3 cm³/mol. The average Bonchev–Trinajstić information content (AvgIpc) is 2.91. The number of ether oxygens (including phenoxy) is 1. The zero-order chi connectivity index (χ0) is 15.8. The molecule has 8 heteroatoms. The van der Waals surface area contributed by atoms with Gasteiger partial charge in [-0.05, 0) is 37.5 Å². The van der Waals surface area contributed by atoms with Gasteiger partial charge in [-0.25, -0.2) is 8.42 Å². The van der Waals surface area contributed by atoms with E-state index in [0.29, 0.717) is 18.5 Å². The maximum absolute atomic E-state index is 12.8. The number of anilines is 1. The molecule has 116 valence electrons. The van der Waals surface area contributed by atoms with Crippen LogP contribution in [-0.4, -0.2) is 38.3 Å². The highest BCUT2D eigenvalue weighted by Crippen LogP contribution is 2.34. The number of benzene rings is 1. The second-order valence-electron chi connectivity index (χ2n) is 5.04. The number of nitrogens with zero attached hydrogens (tertiary/aromatic N) is 1. The van der Waals surface area contributed by atoms with Crippen LogP contribution in [0.1, 0.15) is 18.4 Å². The lowest BCUT2D eigenvalue weighted by Gasteiger charge is -2.23. The van der Waals surface area contributed by atoms with Gasteiger partial charge in [0.2, 0.25) is 15.9 Å². The van der Waals surface area contributed by atoms with E-state index >= 15 is 0 Å². The average molecular weight is 313 g/mol. The normalized spacial score (nSPS) is 19.6. The molecule has 1 aromatic carbocycles. The van der Waals surface area contributed by atoms with Gasteiger partial charge in [0.25, 0.3) is 0 Å². The summed E-state index contributed by atoms with van der Waals surface area (Å²) in [4.78, 5) is 11.4. The number of methoxy groups -OCH3 is 1. The smallest absolute Gasteiger partial charge is 0.247 e. The molecule has 0 spiro atoms. The molecule has 21 heavy (non-hydrogen) atoms. The Morgan fingerprint density at radius 2 is 2.10 bits per heavy atom. The molecule has 1 aliphatic rings. The molecule has 1 unspecified atom stereocenters. The van der Waals surface area contributed by atoms with Crippen LogP contribution in [0.5, 0.6) is 5.75 Å². The van der Waals surface area contributed by atoms with E-state index < -0.39 is 22.0 Å². The molecule has 0 saturated carbocycles. The Balaban J connectivity index is 2.54. The zero-order valence-electron chi connectivity index (χ0n) is 12.0. The minimum Gasteiger partial charge on any atom is -0.495 e. The van der Waals surface area contributed by atoms with Crippen molar-refractivity contribution in [3.63, 3.8) is 0 Å². The van der Waals surface area contributed by atoms with Crippen LogP contribution >= 0.6 is 0 Å². The van der Waals surface area contributed by atoms with Crippen LogP contribution in [0.2, 0.25) is 0 Å². The van der Waals surface area contributed by atoms with Crippen molar-refractivity contribution < 1.29 is 17.9 Å². The van der Waals surface area contributed by atoms with Gasteiger partial charge in [0, 0.05) is 12.2 Å². The first kappa shape index (κ1) is 15.6. The van der Waals surface area contributed by atoms with E-state index in [1.54, 1.807) is 13.0 Å². The number of carbonyl (C=O) groups is 1. The van der Waals surface area contributed by atoms with Crippen molar-refractivity contribution in [3.05, 3.63) is 17.7 Å². The van der Waals surface area contributed by atoms with Crippen molar-refractivity contribution >= 4 is 21.6 Å². The number of hydrogen-bond acceptors (Lipinski definition) is 5. The summed E-state index contributed by atoms with van der Waals surface area (Å²) >= 11 is 0. The third kappa shape index (κ3) is 2.68. The Labute approximate surface area is 123 Å². The van der Waals surface area contributed by atoms with Crippen LogP contribution in [0.4, 0.5) is 5.69 Å². The number of amides is 1. The number of nitrogen functional groups attached to an aromatic ring is 1. The van der Waals surface area contributed by atoms with Crippen molar-refractivity contribution in [2.24, 2.45) is 5.73 Å². The summed E-state index contributed by atoms with van der Waals surface area (Å²) in [5, 5.41) is 0. The molecule has 1 heterocycles. The van der Waals surface area contributed by atoms with Crippen molar-refractivity contribution in [2.75, 3.05) is 19.4 Å². The first-order valence-electron chi connectivity index (χ1n) is 6.54. The molecule has 7 nitrogen and oxygen atoms in total. The van der Waals surface area contributed by atoms with E-state index in [1.165, 1.54) is 13.2 Å². The van der Waals surface area contributed by atoms with E-state index in [-0.39, 0.29) is 17.2 Å². The van der Waals surface area contributed by atoms with Crippen molar-refractivity contribution in [3.8, 4) is 5.75 Å². The second-order valence-corrected chi connectivity index (χ2v) is 6.89. The van der Waals surface area contributed by atoms with Gasteiger partial charge in [0.15, 0.2) is 0 Å². The quantitative estimate of drug-likeness (QED) is 0.772. The summed E-state index contributed by atoms with van der Waals surface area (Å²) in [6, 6.07) is 2.11. The predicted octanol–water partition coefficient (Wildman–Crippen LogP) is 0.224. The summed E-state index contributed by atoms with van der Waals surface area (Å²) in [5.74, 6) is -0.438. The van der Waals surface area contributed by atoms with E-state index in [2.05, 4.69) is 0 Å². The van der Waals surface area contributed by atoms with Gasteiger partial charge in [-0.3, -0.25) is 4.79 Å². The molecular weight excluding hydrogens is 294 g/mol. The summed E-state index contributed by atoms with van der Waals surface area (Å²) in [7, 11) is -2.50. The molecule has 0 aliphatic carbocycles. The highest BCUT2D eigenvalue weighted by atomic mass is 32.2. The van der Waals surface area contributed by atoms with Crippen LogP contribution in [0.3, 0.4) is 0 Å². The van der Waals surface area contributed by atoms with Crippen molar-refractivity contribution in [1.29, 1.82) is 0 Å². The number of aryl methyl sites for hydroxylation is 1. The van der Waals surface area contributed by atoms with E-state index in [4.69, 9.17) is 16.2 Å². The molecule has 0 aromatic heterocycles. The van der Waals surface area contributed by atoms with Crippen LogP contribution in [0.25, 0.3) is 0 Å². The molecule has 0 radical (unpaired) electrons. The number of sulfonamides is 1. The van der Waals surface area contributed by atoms with E-state index in [1.807, 2.05) is 0 Å². The first-order valence-corrected chi connectivity index (χ1v) is 7.98. The van der Waals surface area contributed by atoms with Gasteiger partial charge < -0.3 is 16.2 Å². The number of nitrogens with two attached hydrogens (primary N) is 2. The number of primary amides is 1. The van der Waals surface area contributed by atoms with Gasteiger partial charge >= 0.3 is 0 Å². The Bertz CT molecular complexity index is 672. The molecule has 0 bridgehead atoms. The molecule has 1 fully saturated rings. The van der Waals surface area contributed by atoms with E-state index in [0.717, 1.165) is 9.87 Å². The molecular formula is C13H19N3O4S. The second kappa shape index (κ2) is 5.53. The number of hydrogen-bond donors (Lipinski definition) is 2. The maximum Gasteiger partial charge on any atom is 0.247 e. The number of carbonyl (C=O) groups excluding carboxylic acids is 1. The Morgan fingerprint density at radius 1 is 1.43 bits per heavy atom. The number of rotatable bonds is 4. The standard InChI is InChI=1S/C13H19N3O4S/c1-8-6-11(20-2)12(7-9(8)14)21(18,19)16-5-3-4-10(16)13(15)17/h6-7,10H,3-5,14H2,1-2H3,(H2,15,17). The third-order valence-electron chi connectivity index (χ3n) is 3.67. The van der Waals surface area contributed by atoms with Crippen molar-refractivity contribution in [1.82, 2.24) is 4.31 Å². The highest BCUT2D eigenvalue weighted by molar-refractivity contribution is 7.89. The largest absolute Gasteiger partial charge is 0.495 e. The topological polar surface area (TPSA) is 116 Å². The van der Waals surface area contributed by atoms with Gasteiger partial charge in [0.05, 0.1) is 7.11 Å². The maximum atomic E-state index is 12.8. The highest BCUT2D eigenvalue weighted by Gasteiger charge is 2.39. The Hall–Kier alpha value is -1.80. The fraction of sp³-hybridized carbons (Fsp3) is 0.462. The van der Waals surface area contributed by atoms with Crippen LogP contribution in [0, 0.1) is 6.92 Å². The van der Waals surface area contributed by atoms with Gasteiger partial charge in [0.1, 0.15) is 16.7 Å². The molecule has 4 N–H and O–H groups in total. The third-order valence-corrected chi connectivity index (χ3v) is 5.60. The Morgan fingerprint density at radius 3 is 2.67 bits per heavy atom. The lowest BCUT2D eigenvalue weighted by molar-refractivity contribution is -0.121. The summed E-state index contributed by atoms with van der Waals surface area (Å²) < 4.78 is 31.8. The molecule has 1 aliphatic heterocycles. The van der Waals surface area contributed by atoms with Crippen LogP contribution in [-0.2, 0) is 14.8 Å². The monoisotopic (exact) mass is 313 g/mol. The summed E-state index contributed by atoms with van der Waals surface area (Å²) in [6.45, 7) is 2.02. The van der Waals surface area contributed by atoms with Gasteiger partial charge in [-0.1, -0.05) is 0 Å². The molecule has 2 rings (SSSR count). The van der Waals surface area contributed by atoms with E-state index in [9.17, 15) is 13.2 Å². The Kier molecular flexibility index (Phi) is 4.11. The lowest BCUT2D eigenvalue weighted by atomic mass is 10.2. The molecule has 1 aromatic rings. The fourth-order valence-corrected chi connectivity index (χ4v) is 4.32. The SMILES string of the molecule is COc1cc(C)c(N)cc1S(=O)(=O)N1CCCC1C(N)=O. The molecule has 1 atom stereocenters. The van der Waals surface area contributed by atoms with Crippen LogP contribution in [0.15, 0.2) is 17.0 Å².